The molecule has 0 aromatic carbocycles. The Morgan fingerprint density at radius 2 is 1.89 bits per heavy atom. The van der Waals surface area contributed by atoms with Crippen molar-refractivity contribution in [3.8, 4) is 0 Å². The zero-order valence-electron chi connectivity index (χ0n) is 12.7. The van der Waals surface area contributed by atoms with E-state index in [0.717, 1.165) is 38.5 Å². The molecule has 0 aromatic heterocycles. The average Bonchev–Trinajstić information content (AvgIpc) is 2.41. The van der Waals surface area contributed by atoms with Gasteiger partial charge in [0.05, 0.1) is 6.04 Å². The van der Waals surface area contributed by atoms with Gasteiger partial charge in [0.1, 0.15) is 0 Å². The van der Waals surface area contributed by atoms with Gasteiger partial charge in [-0.05, 0) is 18.8 Å². The molecular weight excluding hydrogens is 240 g/mol. The van der Waals surface area contributed by atoms with Crippen LogP contribution in [0.1, 0.15) is 40.0 Å². The maximum atomic E-state index is 8.82. The summed E-state index contributed by atoms with van der Waals surface area (Å²) in [5.74, 6) is 1.12. The standard InChI is InChI=1S/C14H30N4O/c1-4-6-12(3)11-17-7-9-18(10-8-17)13(5-2)14(15)16-19/h12-13,19H,4-11H2,1-3H3,(H2,15,16). The van der Waals surface area contributed by atoms with Crippen molar-refractivity contribution in [2.75, 3.05) is 32.7 Å². The minimum Gasteiger partial charge on any atom is -0.409 e. The highest BCUT2D eigenvalue weighted by atomic mass is 16.4. The van der Waals surface area contributed by atoms with E-state index in [-0.39, 0.29) is 6.04 Å². The van der Waals surface area contributed by atoms with Gasteiger partial charge in [0.2, 0.25) is 0 Å². The number of nitrogens with zero attached hydrogens (tertiary/aromatic N) is 3. The first-order valence-electron chi connectivity index (χ1n) is 7.56. The molecule has 5 heteroatoms. The van der Waals surface area contributed by atoms with Crippen LogP contribution in [-0.2, 0) is 0 Å². The Balaban J connectivity index is 2.39. The van der Waals surface area contributed by atoms with Crippen molar-refractivity contribution in [1.29, 1.82) is 0 Å². The summed E-state index contributed by atoms with van der Waals surface area (Å²) >= 11 is 0. The number of hydrogen-bond donors (Lipinski definition) is 2. The number of oxime groups is 1. The maximum absolute atomic E-state index is 8.82. The minimum absolute atomic E-state index is 0.0835. The van der Waals surface area contributed by atoms with Crippen molar-refractivity contribution < 1.29 is 5.21 Å². The Hall–Kier alpha value is -0.810. The normalized spacial score (nSPS) is 22.4. The van der Waals surface area contributed by atoms with Crippen LogP contribution in [0.5, 0.6) is 0 Å². The molecule has 1 aliphatic heterocycles. The van der Waals surface area contributed by atoms with Crippen LogP contribution < -0.4 is 5.73 Å². The average molecular weight is 270 g/mol. The van der Waals surface area contributed by atoms with Crippen molar-refractivity contribution in [1.82, 2.24) is 9.80 Å². The molecule has 2 unspecified atom stereocenters. The van der Waals surface area contributed by atoms with Crippen LogP contribution in [0.3, 0.4) is 0 Å². The molecule has 5 nitrogen and oxygen atoms in total. The highest BCUT2D eigenvalue weighted by molar-refractivity contribution is 5.85. The molecule has 0 amide bonds. The van der Waals surface area contributed by atoms with Crippen molar-refractivity contribution in [2.45, 2.75) is 46.1 Å². The van der Waals surface area contributed by atoms with Gasteiger partial charge in [-0.15, -0.1) is 0 Å². The van der Waals surface area contributed by atoms with Crippen molar-refractivity contribution >= 4 is 5.84 Å². The molecule has 0 radical (unpaired) electrons. The Morgan fingerprint density at radius 1 is 1.26 bits per heavy atom. The van der Waals surface area contributed by atoms with Crippen LogP contribution in [0.15, 0.2) is 5.16 Å². The molecule has 1 fully saturated rings. The monoisotopic (exact) mass is 270 g/mol. The second kappa shape index (κ2) is 8.38. The third-order valence-corrected chi connectivity index (χ3v) is 4.04. The van der Waals surface area contributed by atoms with Crippen LogP contribution in [-0.4, -0.2) is 59.6 Å². The van der Waals surface area contributed by atoms with E-state index in [0.29, 0.717) is 5.84 Å². The van der Waals surface area contributed by atoms with Crippen molar-refractivity contribution in [3.63, 3.8) is 0 Å². The Kier molecular flexibility index (Phi) is 7.16. The molecular formula is C14H30N4O. The van der Waals surface area contributed by atoms with Gasteiger partial charge in [0, 0.05) is 32.7 Å². The van der Waals surface area contributed by atoms with E-state index in [9.17, 15) is 0 Å². The summed E-state index contributed by atoms with van der Waals surface area (Å²) in [7, 11) is 0. The van der Waals surface area contributed by atoms with Gasteiger partial charge in [-0.25, -0.2) is 0 Å². The molecule has 0 aliphatic carbocycles. The molecule has 1 heterocycles. The van der Waals surface area contributed by atoms with Crippen LogP contribution in [0.25, 0.3) is 0 Å². The zero-order chi connectivity index (χ0) is 14.3. The summed E-state index contributed by atoms with van der Waals surface area (Å²) in [4.78, 5) is 4.87. The lowest BCUT2D eigenvalue weighted by molar-refractivity contribution is 0.103. The first-order valence-corrected chi connectivity index (χ1v) is 7.56. The second-order valence-corrected chi connectivity index (χ2v) is 5.68. The van der Waals surface area contributed by atoms with Crippen molar-refractivity contribution in [3.05, 3.63) is 0 Å². The topological polar surface area (TPSA) is 65.1 Å². The summed E-state index contributed by atoms with van der Waals surface area (Å²) in [6, 6.07) is 0.0835. The highest BCUT2D eigenvalue weighted by Crippen LogP contribution is 2.13. The van der Waals surface area contributed by atoms with Crippen molar-refractivity contribution in [2.24, 2.45) is 16.8 Å². The summed E-state index contributed by atoms with van der Waals surface area (Å²) in [6.07, 6.45) is 3.46. The largest absolute Gasteiger partial charge is 0.409 e. The van der Waals surface area contributed by atoms with Crippen LogP contribution in [0.2, 0.25) is 0 Å². The predicted octanol–water partition coefficient (Wildman–Crippen LogP) is 1.57. The van der Waals surface area contributed by atoms with E-state index in [2.05, 4.69) is 35.7 Å². The van der Waals surface area contributed by atoms with E-state index in [1.807, 2.05) is 0 Å². The number of amidine groups is 1. The molecule has 3 N–H and O–H groups in total. The first kappa shape index (κ1) is 16.2. The van der Waals surface area contributed by atoms with E-state index in [1.165, 1.54) is 19.4 Å². The van der Waals surface area contributed by atoms with Gasteiger partial charge in [-0.1, -0.05) is 32.3 Å². The lowest BCUT2D eigenvalue weighted by Gasteiger charge is -2.39. The maximum Gasteiger partial charge on any atom is 0.156 e. The number of piperazine rings is 1. The molecule has 19 heavy (non-hydrogen) atoms. The van der Waals surface area contributed by atoms with Gasteiger partial charge in [0.15, 0.2) is 5.84 Å². The third-order valence-electron chi connectivity index (χ3n) is 4.04. The summed E-state index contributed by atoms with van der Waals surface area (Å²) in [5, 5.41) is 12.0. The quantitative estimate of drug-likeness (QED) is 0.319. The van der Waals surface area contributed by atoms with E-state index < -0.39 is 0 Å². The van der Waals surface area contributed by atoms with Crippen LogP contribution >= 0.6 is 0 Å². The highest BCUT2D eigenvalue weighted by Gasteiger charge is 2.25. The first-order chi connectivity index (χ1) is 9.12. The fraction of sp³-hybridized carbons (Fsp3) is 0.929. The van der Waals surface area contributed by atoms with E-state index in [4.69, 9.17) is 10.9 Å². The summed E-state index contributed by atoms with van der Waals surface area (Å²) < 4.78 is 0. The van der Waals surface area contributed by atoms with Gasteiger partial charge in [-0.2, -0.15) is 0 Å². The Bertz CT molecular complexity index is 275. The molecule has 0 spiro atoms. The number of nitrogens with two attached hydrogens (primary N) is 1. The molecule has 1 saturated heterocycles. The smallest absolute Gasteiger partial charge is 0.156 e. The van der Waals surface area contributed by atoms with Crippen LogP contribution in [0.4, 0.5) is 0 Å². The summed E-state index contributed by atoms with van der Waals surface area (Å²) in [5.41, 5.74) is 5.76. The van der Waals surface area contributed by atoms with E-state index in [1.54, 1.807) is 0 Å². The zero-order valence-corrected chi connectivity index (χ0v) is 12.7. The number of rotatable bonds is 7. The Morgan fingerprint density at radius 3 is 2.37 bits per heavy atom. The third kappa shape index (κ3) is 4.99. The second-order valence-electron chi connectivity index (χ2n) is 5.68. The molecule has 0 bridgehead atoms. The Labute approximate surface area is 117 Å². The molecule has 0 aromatic rings. The fourth-order valence-corrected chi connectivity index (χ4v) is 3.00. The molecule has 0 saturated carbocycles. The summed E-state index contributed by atoms with van der Waals surface area (Å²) in [6.45, 7) is 12.0. The van der Waals surface area contributed by atoms with Crippen LogP contribution in [0, 0.1) is 5.92 Å². The van der Waals surface area contributed by atoms with Gasteiger partial charge >= 0.3 is 0 Å². The SMILES string of the molecule is CCCC(C)CN1CCN(C(CC)C(N)=NO)CC1. The lowest BCUT2D eigenvalue weighted by Crippen LogP contribution is -2.54. The molecule has 112 valence electrons. The molecule has 2 atom stereocenters. The molecule has 1 rings (SSSR count). The van der Waals surface area contributed by atoms with E-state index >= 15 is 0 Å². The predicted molar refractivity (Wildman–Crippen MR) is 79.6 cm³/mol. The van der Waals surface area contributed by atoms with Gasteiger partial charge < -0.3 is 15.8 Å². The number of hydrogen-bond acceptors (Lipinski definition) is 4. The van der Waals surface area contributed by atoms with Gasteiger partial charge in [-0.3, -0.25) is 4.90 Å². The minimum atomic E-state index is 0.0835. The lowest BCUT2D eigenvalue weighted by atomic mass is 10.0. The fourth-order valence-electron chi connectivity index (χ4n) is 3.00. The molecule has 1 aliphatic rings. The van der Waals surface area contributed by atoms with Gasteiger partial charge in [0.25, 0.3) is 0 Å².